The van der Waals surface area contributed by atoms with Crippen LogP contribution in [0.1, 0.15) is 0 Å². The third-order valence-electron chi connectivity index (χ3n) is 3.83. The first-order chi connectivity index (χ1) is 11.4. The normalized spacial score (nSPS) is 10.6. The molecule has 4 rings (SSSR count). The summed E-state index contributed by atoms with van der Waals surface area (Å²) in [6, 6.07) is 28.8. The largest absolute Gasteiger partial charge is 0.282 e. The maximum atomic E-state index is 4.36. The van der Waals surface area contributed by atoms with Gasteiger partial charge in [0.1, 0.15) is 6.33 Å². The van der Waals surface area contributed by atoms with E-state index in [4.69, 9.17) is 0 Å². The van der Waals surface area contributed by atoms with Crippen molar-refractivity contribution in [2.45, 2.75) is 0 Å². The first-order valence-electron chi connectivity index (χ1n) is 7.54. The van der Waals surface area contributed by atoms with E-state index in [-0.39, 0.29) is 0 Å². The van der Waals surface area contributed by atoms with Crippen molar-refractivity contribution in [1.82, 2.24) is 14.8 Å². The topological polar surface area (TPSA) is 30.7 Å². The first-order valence-corrected chi connectivity index (χ1v) is 7.54. The summed E-state index contributed by atoms with van der Waals surface area (Å²) < 4.78 is 2.02. The van der Waals surface area contributed by atoms with Gasteiger partial charge in [-0.2, -0.15) is 0 Å². The minimum atomic E-state index is 0.843. The summed E-state index contributed by atoms with van der Waals surface area (Å²) >= 11 is 0. The fraction of sp³-hybridized carbons (Fsp3) is 0. The van der Waals surface area contributed by atoms with Crippen LogP contribution in [0.15, 0.2) is 91.3 Å². The minimum absolute atomic E-state index is 0.843. The molecule has 0 atom stereocenters. The van der Waals surface area contributed by atoms with E-state index in [0.29, 0.717) is 0 Å². The molecule has 1 aromatic heterocycles. The number of hydrogen-bond acceptors (Lipinski definition) is 2. The zero-order valence-corrected chi connectivity index (χ0v) is 12.5. The second-order valence-electron chi connectivity index (χ2n) is 5.27. The Kier molecular flexibility index (Phi) is 3.45. The fourth-order valence-corrected chi connectivity index (χ4v) is 2.74. The molecule has 110 valence electrons. The van der Waals surface area contributed by atoms with E-state index in [9.17, 15) is 0 Å². The highest BCUT2D eigenvalue weighted by Crippen LogP contribution is 2.31. The summed E-state index contributed by atoms with van der Waals surface area (Å²) in [5.41, 5.74) is 4.44. The van der Waals surface area contributed by atoms with E-state index in [1.54, 1.807) is 6.33 Å². The SMILES string of the molecule is c1ccc(-c2ccccc2-c2nncn2-c2ccccc2)cc1. The molecule has 0 N–H and O–H groups in total. The molecule has 23 heavy (non-hydrogen) atoms. The van der Waals surface area contributed by atoms with Gasteiger partial charge in [-0.25, -0.2) is 0 Å². The van der Waals surface area contributed by atoms with Gasteiger partial charge in [0, 0.05) is 11.3 Å². The van der Waals surface area contributed by atoms with E-state index >= 15 is 0 Å². The first kappa shape index (κ1) is 13.5. The zero-order valence-electron chi connectivity index (χ0n) is 12.5. The molecule has 3 heteroatoms. The molecule has 0 unspecified atom stereocenters. The van der Waals surface area contributed by atoms with Crippen LogP contribution in [0.4, 0.5) is 0 Å². The second-order valence-corrected chi connectivity index (χ2v) is 5.27. The summed E-state index contributed by atoms with van der Waals surface area (Å²) in [5.74, 6) is 0.843. The lowest BCUT2D eigenvalue weighted by Gasteiger charge is -2.11. The van der Waals surface area contributed by atoms with Crippen LogP contribution in [0.3, 0.4) is 0 Å². The smallest absolute Gasteiger partial charge is 0.168 e. The van der Waals surface area contributed by atoms with Gasteiger partial charge in [-0.05, 0) is 23.3 Å². The summed E-state index contributed by atoms with van der Waals surface area (Å²) in [6.07, 6.45) is 1.76. The molecule has 1 heterocycles. The van der Waals surface area contributed by atoms with Crippen molar-refractivity contribution in [3.8, 4) is 28.2 Å². The van der Waals surface area contributed by atoms with E-state index in [0.717, 1.165) is 22.6 Å². The lowest BCUT2D eigenvalue weighted by Crippen LogP contribution is -1.97. The zero-order chi connectivity index (χ0) is 15.5. The van der Waals surface area contributed by atoms with Gasteiger partial charge in [0.2, 0.25) is 0 Å². The predicted octanol–water partition coefficient (Wildman–Crippen LogP) is 4.60. The minimum Gasteiger partial charge on any atom is -0.282 e. The quantitative estimate of drug-likeness (QED) is 0.553. The highest BCUT2D eigenvalue weighted by atomic mass is 15.3. The van der Waals surface area contributed by atoms with Gasteiger partial charge in [0.05, 0.1) is 0 Å². The van der Waals surface area contributed by atoms with Crippen LogP contribution in [0.5, 0.6) is 0 Å². The predicted molar refractivity (Wildman–Crippen MR) is 92.2 cm³/mol. The van der Waals surface area contributed by atoms with Crippen molar-refractivity contribution in [3.05, 3.63) is 91.3 Å². The van der Waals surface area contributed by atoms with Crippen LogP contribution < -0.4 is 0 Å². The average molecular weight is 297 g/mol. The molecule has 0 radical (unpaired) electrons. The molecule has 0 fully saturated rings. The van der Waals surface area contributed by atoms with Gasteiger partial charge in [-0.3, -0.25) is 4.57 Å². The van der Waals surface area contributed by atoms with Crippen LogP contribution in [0.25, 0.3) is 28.2 Å². The summed E-state index contributed by atoms with van der Waals surface area (Å²) in [5, 5.41) is 8.48. The molecule has 0 bridgehead atoms. The second kappa shape index (κ2) is 5.89. The Labute approximate surface area is 134 Å². The Bertz CT molecular complexity index is 912. The van der Waals surface area contributed by atoms with Crippen LogP contribution in [0, 0.1) is 0 Å². The van der Waals surface area contributed by atoms with Gasteiger partial charge < -0.3 is 0 Å². The Morgan fingerprint density at radius 2 is 1.22 bits per heavy atom. The van der Waals surface area contributed by atoms with Gasteiger partial charge in [0.15, 0.2) is 5.82 Å². The van der Waals surface area contributed by atoms with E-state index < -0.39 is 0 Å². The number of rotatable bonds is 3. The Hall–Kier alpha value is -3.20. The fourth-order valence-electron chi connectivity index (χ4n) is 2.74. The molecule has 0 spiro atoms. The lowest BCUT2D eigenvalue weighted by atomic mass is 9.99. The summed E-state index contributed by atoms with van der Waals surface area (Å²) in [7, 11) is 0. The molecule has 4 aromatic rings. The standard InChI is InChI=1S/C20H15N3/c1-3-9-16(10-4-1)18-13-7-8-14-19(18)20-22-21-15-23(20)17-11-5-2-6-12-17/h1-15H. The highest BCUT2D eigenvalue weighted by Gasteiger charge is 2.13. The third-order valence-corrected chi connectivity index (χ3v) is 3.83. The Morgan fingerprint density at radius 3 is 1.96 bits per heavy atom. The average Bonchev–Trinajstić information content (AvgIpc) is 3.13. The van der Waals surface area contributed by atoms with Crippen molar-refractivity contribution in [1.29, 1.82) is 0 Å². The van der Waals surface area contributed by atoms with Crippen LogP contribution in [-0.2, 0) is 0 Å². The van der Waals surface area contributed by atoms with Gasteiger partial charge in [-0.1, -0.05) is 72.8 Å². The molecule has 0 saturated heterocycles. The van der Waals surface area contributed by atoms with Crippen molar-refractivity contribution < 1.29 is 0 Å². The molecule has 0 saturated carbocycles. The van der Waals surface area contributed by atoms with Crippen molar-refractivity contribution >= 4 is 0 Å². The van der Waals surface area contributed by atoms with Crippen LogP contribution in [-0.4, -0.2) is 14.8 Å². The number of aromatic nitrogens is 3. The molecule has 0 aliphatic rings. The van der Waals surface area contributed by atoms with Crippen LogP contribution >= 0.6 is 0 Å². The van der Waals surface area contributed by atoms with Gasteiger partial charge in [0.25, 0.3) is 0 Å². The Morgan fingerprint density at radius 1 is 0.609 bits per heavy atom. The highest BCUT2D eigenvalue weighted by molar-refractivity contribution is 5.81. The lowest BCUT2D eigenvalue weighted by molar-refractivity contribution is 1.06. The number of nitrogens with zero attached hydrogens (tertiary/aromatic N) is 3. The number of hydrogen-bond donors (Lipinski definition) is 0. The molecular weight excluding hydrogens is 282 g/mol. The summed E-state index contributed by atoms with van der Waals surface area (Å²) in [6.45, 7) is 0. The monoisotopic (exact) mass is 297 g/mol. The molecular formula is C20H15N3. The van der Waals surface area contributed by atoms with Crippen molar-refractivity contribution in [2.24, 2.45) is 0 Å². The van der Waals surface area contributed by atoms with Crippen molar-refractivity contribution in [2.75, 3.05) is 0 Å². The van der Waals surface area contributed by atoms with E-state index in [1.807, 2.05) is 47.0 Å². The summed E-state index contributed by atoms with van der Waals surface area (Å²) in [4.78, 5) is 0. The number of benzene rings is 3. The van der Waals surface area contributed by atoms with Gasteiger partial charge >= 0.3 is 0 Å². The van der Waals surface area contributed by atoms with Gasteiger partial charge in [-0.15, -0.1) is 10.2 Å². The van der Waals surface area contributed by atoms with Crippen LogP contribution in [0.2, 0.25) is 0 Å². The maximum absolute atomic E-state index is 4.36. The maximum Gasteiger partial charge on any atom is 0.168 e. The van der Waals surface area contributed by atoms with Crippen molar-refractivity contribution in [3.63, 3.8) is 0 Å². The Balaban J connectivity index is 1.90. The third kappa shape index (κ3) is 2.53. The molecule has 0 amide bonds. The molecule has 3 nitrogen and oxygen atoms in total. The van der Waals surface area contributed by atoms with E-state index in [2.05, 4.69) is 52.7 Å². The molecule has 0 aliphatic heterocycles. The van der Waals surface area contributed by atoms with E-state index in [1.165, 1.54) is 5.56 Å². The molecule has 3 aromatic carbocycles. The number of para-hydroxylation sites is 1. The molecule has 0 aliphatic carbocycles.